The molecule has 0 saturated carbocycles. The van der Waals surface area contributed by atoms with Crippen molar-refractivity contribution < 1.29 is 29.0 Å². The van der Waals surface area contributed by atoms with Crippen LogP contribution in [0.2, 0.25) is 0 Å². The zero-order chi connectivity index (χ0) is 25.8. The Morgan fingerprint density at radius 2 is 1.84 bits per heavy atom. The van der Waals surface area contributed by atoms with Crippen molar-refractivity contribution in [1.29, 1.82) is 0 Å². The first-order valence-electron chi connectivity index (χ1n) is 13.8. The van der Waals surface area contributed by atoms with Gasteiger partial charge in [-0.15, -0.1) is 11.8 Å². The van der Waals surface area contributed by atoms with Crippen molar-refractivity contribution in [3.05, 3.63) is 24.3 Å². The average Bonchev–Trinajstić information content (AvgIpc) is 3.29. The van der Waals surface area contributed by atoms with E-state index in [1.54, 1.807) is 16.7 Å². The van der Waals surface area contributed by atoms with E-state index in [9.17, 15) is 19.5 Å². The molecule has 0 aromatic carbocycles. The van der Waals surface area contributed by atoms with Crippen molar-refractivity contribution in [2.45, 2.75) is 48.1 Å². The molecule has 0 aliphatic carbocycles. The molecule has 1 unspecified atom stereocenters. The maximum Gasteiger partial charge on any atom is 0.311 e. The van der Waals surface area contributed by atoms with Crippen LogP contribution in [0.15, 0.2) is 24.3 Å². The quantitative estimate of drug-likeness (QED) is 0.295. The third-order valence-corrected chi connectivity index (χ3v) is 10.0. The van der Waals surface area contributed by atoms with Gasteiger partial charge in [-0.2, -0.15) is 0 Å². The average molecular weight is 534 g/mol. The summed E-state index contributed by atoms with van der Waals surface area (Å²) in [5, 5.41) is 9.14. The molecular weight excluding hydrogens is 494 g/mol. The largest absolute Gasteiger partial charge is 0.465 e. The van der Waals surface area contributed by atoms with Gasteiger partial charge < -0.3 is 24.4 Å². The number of rotatable bonds is 7. The Hall–Kier alpha value is -1.88. The molecule has 9 nitrogen and oxygen atoms in total. The zero-order valence-electron chi connectivity index (χ0n) is 21.5. The summed E-state index contributed by atoms with van der Waals surface area (Å²) in [4.78, 5) is 47.5. The van der Waals surface area contributed by atoms with Gasteiger partial charge in [0.25, 0.3) is 0 Å². The normalized spacial score (nSPS) is 35.5. The number of thioether (sulfide) groups is 1. The lowest BCUT2D eigenvalue weighted by Gasteiger charge is -2.36. The summed E-state index contributed by atoms with van der Waals surface area (Å²) < 4.78 is 10.3. The van der Waals surface area contributed by atoms with E-state index in [1.807, 2.05) is 11.0 Å². The number of aliphatic hydroxyl groups is 1. The number of ether oxygens (including phenoxy) is 2. The van der Waals surface area contributed by atoms with Crippen LogP contribution in [0, 0.1) is 11.8 Å². The van der Waals surface area contributed by atoms with E-state index in [2.05, 4.69) is 23.1 Å². The van der Waals surface area contributed by atoms with Gasteiger partial charge >= 0.3 is 5.97 Å². The van der Waals surface area contributed by atoms with Crippen molar-refractivity contribution in [2.75, 3.05) is 65.7 Å². The van der Waals surface area contributed by atoms with E-state index >= 15 is 0 Å². The lowest BCUT2D eigenvalue weighted by Crippen LogP contribution is -2.54. The van der Waals surface area contributed by atoms with E-state index < -0.39 is 22.6 Å². The second kappa shape index (κ2) is 11.9. The molecule has 3 fully saturated rings. The highest BCUT2D eigenvalue weighted by Crippen LogP contribution is 2.60. The highest BCUT2D eigenvalue weighted by atomic mass is 32.2. The highest BCUT2D eigenvalue weighted by molar-refractivity contribution is 8.02. The Morgan fingerprint density at radius 3 is 2.65 bits per heavy atom. The topological polar surface area (TPSA) is 99.6 Å². The first kappa shape index (κ1) is 26.7. The van der Waals surface area contributed by atoms with Crippen LogP contribution in [0.25, 0.3) is 0 Å². The molecule has 204 valence electrons. The summed E-state index contributed by atoms with van der Waals surface area (Å²) in [6.07, 6.45) is 12.1. The Labute approximate surface area is 223 Å². The number of aliphatic hydroxyl groups excluding tert-OH is 1. The van der Waals surface area contributed by atoms with Gasteiger partial charge in [0.2, 0.25) is 11.8 Å². The molecular formula is C27H39N3O6S. The van der Waals surface area contributed by atoms with E-state index in [0.29, 0.717) is 52.3 Å². The second-order valence-electron chi connectivity index (χ2n) is 10.5. The summed E-state index contributed by atoms with van der Waals surface area (Å²) in [5.41, 5.74) is 0. The number of hydrogen-bond acceptors (Lipinski definition) is 8. The number of carbonyl (C=O) groups is 3. The minimum atomic E-state index is -0.812. The van der Waals surface area contributed by atoms with E-state index in [4.69, 9.17) is 9.47 Å². The Balaban J connectivity index is 1.45. The molecule has 5 atom stereocenters. The number of allylic oxidation sites excluding steroid dienone is 1. The number of morpholine rings is 1. The van der Waals surface area contributed by atoms with Gasteiger partial charge in [-0.25, -0.2) is 0 Å². The van der Waals surface area contributed by atoms with E-state index in [-0.39, 0.29) is 29.6 Å². The lowest BCUT2D eigenvalue weighted by atomic mass is 9.78. The number of amides is 2. The van der Waals surface area contributed by atoms with Gasteiger partial charge in [0, 0.05) is 51.1 Å². The summed E-state index contributed by atoms with van der Waals surface area (Å²) in [6.45, 7) is 5.75. The predicted molar refractivity (Wildman–Crippen MR) is 140 cm³/mol. The molecule has 1 spiro atoms. The van der Waals surface area contributed by atoms with Crippen LogP contribution in [-0.4, -0.2) is 119 Å². The molecule has 2 amide bonds. The molecule has 0 bridgehead atoms. The van der Waals surface area contributed by atoms with Crippen LogP contribution in [0.5, 0.6) is 0 Å². The van der Waals surface area contributed by atoms with Crippen LogP contribution in [0.4, 0.5) is 0 Å². The third kappa shape index (κ3) is 5.22. The molecule has 0 aromatic heterocycles. The van der Waals surface area contributed by atoms with E-state index in [1.165, 1.54) is 0 Å². The van der Waals surface area contributed by atoms with Gasteiger partial charge in [-0.3, -0.25) is 19.3 Å². The molecule has 5 aliphatic rings. The summed E-state index contributed by atoms with van der Waals surface area (Å²) in [5.74, 6) is -1.78. The van der Waals surface area contributed by atoms with Gasteiger partial charge in [0.05, 0.1) is 36.4 Å². The first-order valence-corrected chi connectivity index (χ1v) is 14.6. The number of nitrogens with zero attached hydrogens (tertiary/aromatic N) is 3. The van der Waals surface area contributed by atoms with E-state index in [0.717, 1.165) is 38.9 Å². The van der Waals surface area contributed by atoms with Crippen molar-refractivity contribution >= 4 is 29.5 Å². The molecule has 5 aliphatic heterocycles. The number of fused-ring (bicyclic) bond motifs is 2. The number of unbranched alkanes of at least 4 members (excludes halogenated alkanes) is 1. The number of cyclic esters (lactones) is 1. The molecule has 5 heterocycles. The SMILES string of the molecule is O=C1OCCCC/C=C\[C@@H]2S[C@]34C=CCN(CCN5CCOCC5)C(=O)C3N(CCCCO)C(=O)[C@@H]4[C@H]12. The van der Waals surface area contributed by atoms with Crippen molar-refractivity contribution in [3.8, 4) is 0 Å². The molecule has 1 N–H and O–H groups in total. The Kier molecular flexibility index (Phi) is 8.58. The Bertz CT molecular complexity index is 922. The van der Waals surface area contributed by atoms with Crippen LogP contribution in [-0.2, 0) is 23.9 Å². The zero-order valence-corrected chi connectivity index (χ0v) is 22.3. The van der Waals surface area contributed by atoms with Gasteiger partial charge in [0.1, 0.15) is 6.04 Å². The number of hydrogen-bond donors (Lipinski definition) is 1. The van der Waals surface area contributed by atoms with Crippen LogP contribution >= 0.6 is 11.8 Å². The molecule has 3 saturated heterocycles. The van der Waals surface area contributed by atoms with Gasteiger partial charge in [0.15, 0.2) is 0 Å². The fraction of sp³-hybridized carbons (Fsp3) is 0.741. The fourth-order valence-corrected chi connectivity index (χ4v) is 8.39. The maximum atomic E-state index is 14.2. The monoisotopic (exact) mass is 533 g/mol. The fourth-order valence-electron chi connectivity index (χ4n) is 6.39. The summed E-state index contributed by atoms with van der Waals surface area (Å²) in [7, 11) is 0. The highest BCUT2D eigenvalue weighted by Gasteiger charge is 2.70. The van der Waals surface area contributed by atoms with Crippen molar-refractivity contribution in [3.63, 3.8) is 0 Å². The van der Waals surface area contributed by atoms with Gasteiger partial charge in [-0.1, -0.05) is 24.3 Å². The number of likely N-dealkylation sites (tertiary alicyclic amines) is 1. The third-order valence-electron chi connectivity index (χ3n) is 8.28. The maximum absolute atomic E-state index is 14.2. The summed E-state index contributed by atoms with van der Waals surface area (Å²) in [6, 6.07) is -0.670. The summed E-state index contributed by atoms with van der Waals surface area (Å²) >= 11 is 1.59. The smallest absolute Gasteiger partial charge is 0.311 e. The first-order chi connectivity index (χ1) is 18.1. The predicted octanol–water partition coefficient (Wildman–Crippen LogP) is 1.07. The second-order valence-corrected chi connectivity index (χ2v) is 12.0. The minimum Gasteiger partial charge on any atom is -0.465 e. The van der Waals surface area contributed by atoms with Crippen LogP contribution < -0.4 is 0 Å². The molecule has 5 rings (SSSR count). The number of carbonyl (C=O) groups excluding carboxylic acids is 3. The van der Waals surface area contributed by atoms with Gasteiger partial charge in [-0.05, 0) is 32.1 Å². The van der Waals surface area contributed by atoms with Crippen LogP contribution in [0.3, 0.4) is 0 Å². The molecule has 0 aromatic rings. The lowest BCUT2D eigenvalue weighted by molar-refractivity contribution is -0.153. The molecule has 10 heteroatoms. The standard InChI is InChI=1S/C27H39N3O6S/c31-16-5-4-11-30-23-25(33)29(13-12-28-14-18-35-19-15-28)10-7-9-27(23)22(24(30)32)21-20(37-27)8-3-1-2-6-17-36-26(21)34/h3,7-9,20-23,31H,1-2,4-6,10-19H2/b8-3-/t20-,21+,22-,23?,27-/m0/s1. The minimum absolute atomic E-state index is 0.0390. The van der Waals surface area contributed by atoms with Crippen molar-refractivity contribution in [1.82, 2.24) is 14.7 Å². The van der Waals surface area contributed by atoms with Crippen LogP contribution in [0.1, 0.15) is 32.1 Å². The van der Waals surface area contributed by atoms with Crippen molar-refractivity contribution in [2.24, 2.45) is 11.8 Å². The Morgan fingerprint density at radius 1 is 1.00 bits per heavy atom. The molecule has 0 radical (unpaired) electrons. The number of esters is 1. The molecule has 37 heavy (non-hydrogen) atoms.